The number of alkyl halides is 1. The fourth-order valence-corrected chi connectivity index (χ4v) is 3.53. The van der Waals surface area contributed by atoms with Crippen molar-refractivity contribution in [2.45, 2.75) is 13.0 Å². The molecule has 0 radical (unpaired) electrons. The molecular formula is C14H17FN3O6P. The van der Waals surface area contributed by atoms with Crippen LogP contribution in [0.5, 0.6) is 0 Å². The molecule has 1 fully saturated rings. The van der Waals surface area contributed by atoms with E-state index in [1.54, 1.807) is 0 Å². The van der Waals surface area contributed by atoms with E-state index in [1.807, 2.05) is 4.90 Å². The number of nitrogens with one attached hydrogen (secondary N) is 1. The average molecular weight is 373 g/mol. The van der Waals surface area contributed by atoms with Crippen molar-refractivity contribution in [1.29, 1.82) is 0 Å². The quantitative estimate of drug-likeness (QED) is 0.514. The van der Waals surface area contributed by atoms with Crippen LogP contribution in [0.2, 0.25) is 0 Å². The van der Waals surface area contributed by atoms with Crippen LogP contribution >= 0.6 is 7.60 Å². The third kappa shape index (κ3) is 3.67. The molecule has 1 aromatic heterocycles. The maximum atomic E-state index is 13.5. The Balaban J connectivity index is 2.26. The molecule has 0 saturated carbocycles. The molecule has 136 valence electrons. The topological polar surface area (TPSA) is 125 Å². The second-order valence-electron chi connectivity index (χ2n) is 5.72. The number of hydrogen-bond donors (Lipinski definition) is 3. The van der Waals surface area contributed by atoms with Crippen LogP contribution in [0, 0.1) is 0 Å². The second-order valence-corrected chi connectivity index (χ2v) is 7.34. The van der Waals surface area contributed by atoms with E-state index in [0.717, 1.165) is 4.57 Å². The van der Waals surface area contributed by atoms with Gasteiger partial charge in [-0.1, -0.05) is 0 Å². The largest absolute Gasteiger partial charge is 0.378 e. The Bertz CT molecular complexity index is 959. The third-order valence-electron chi connectivity index (χ3n) is 4.00. The summed E-state index contributed by atoms with van der Waals surface area (Å²) in [4.78, 5) is 46.5. The molecule has 2 heterocycles. The maximum Gasteiger partial charge on any atom is 0.345 e. The molecule has 3 N–H and O–H groups in total. The predicted molar refractivity (Wildman–Crippen MR) is 88.7 cm³/mol. The molecule has 0 unspecified atom stereocenters. The lowest BCUT2D eigenvalue weighted by Crippen LogP contribution is -2.38. The summed E-state index contributed by atoms with van der Waals surface area (Å²) in [6.07, 6.45) is -0.927. The van der Waals surface area contributed by atoms with E-state index < -0.39 is 31.7 Å². The molecule has 0 spiro atoms. The highest BCUT2D eigenvalue weighted by molar-refractivity contribution is 7.50. The molecule has 0 aliphatic carbocycles. The first-order valence-electron chi connectivity index (χ1n) is 7.53. The van der Waals surface area contributed by atoms with Gasteiger partial charge in [0.05, 0.1) is 24.2 Å². The number of morpholine rings is 1. The zero-order chi connectivity index (χ0) is 18.2. The number of benzene rings is 1. The van der Waals surface area contributed by atoms with Crippen molar-refractivity contribution < 1.29 is 23.5 Å². The molecule has 1 aliphatic heterocycles. The van der Waals surface area contributed by atoms with Gasteiger partial charge in [-0.15, -0.1) is 0 Å². The van der Waals surface area contributed by atoms with Crippen molar-refractivity contribution in [2.24, 2.45) is 0 Å². The van der Waals surface area contributed by atoms with Crippen LogP contribution < -0.4 is 16.0 Å². The number of fused-ring (bicyclic) bond motifs is 1. The van der Waals surface area contributed by atoms with Crippen LogP contribution in [0.4, 0.5) is 10.1 Å². The summed E-state index contributed by atoms with van der Waals surface area (Å²) in [5.41, 5.74) is -1.01. The molecule has 3 rings (SSSR count). The van der Waals surface area contributed by atoms with Gasteiger partial charge in [-0.05, 0) is 12.1 Å². The summed E-state index contributed by atoms with van der Waals surface area (Å²) in [6, 6.07) is 2.86. The van der Waals surface area contributed by atoms with Gasteiger partial charge in [-0.2, -0.15) is 0 Å². The van der Waals surface area contributed by atoms with Crippen LogP contribution in [0.3, 0.4) is 0 Å². The van der Waals surface area contributed by atoms with E-state index in [-0.39, 0.29) is 11.0 Å². The van der Waals surface area contributed by atoms with Crippen LogP contribution in [-0.2, 0) is 22.3 Å². The molecule has 11 heteroatoms. The van der Waals surface area contributed by atoms with E-state index in [0.29, 0.717) is 37.6 Å². The monoisotopic (exact) mass is 373 g/mol. The van der Waals surface area contributed by atoms with Gasteiger partial charge in [0, 0.05) is 24.3 Å². The first kappa shape index (κ1) is 17.8. The number of anilines is 1. The minimum Gasteiger partial charge on any atom is -0.378 e. The number of hydrogen-bond acceptors (Lipinski definition) is 5. The van der Waals surface area contributed by atoms with Gasteiger partial charge in [0.25, 0.3) is 0 Å². The second kappa shape index (κ2) is 6.72. The van der Waals surface area contributed by atoms with E-state index in [2.05, 4.69) is 4.98 Å². The van der Waals surface area contributed by atoms with Crippen LogP contribution in [0.15, 0.2) is 21.7 Å². The molecule has 9 nitrogen and oxygen atoms in total. The van der Waals surface area contributed by atoms with Crippen LogP contribution in [0.25, 0.3) is 11.0 Å². The average Bonchev–Trinajstić information content (AvgIpc) is 2.57. The van der Waals surface area contributed by atoms with Crippen molar-refractivity contribution in [1.82, 2.24) is 9.55 Å². The van der Waals surface area contributed by atoms with Crippen LogP contribution in [-0.4, -0.2) is 45.6 Å². The number of nitrogens with zero attached hydrogens (tertiary/aromatic N) is 2. The zero-order valence-electron chi connectivity index (χ0n) is 13.1. The first-order valence-corrected chi connectivity index (χ1v) is 9.33. The first-order chi connectivity index (χ1) is 11.8. The maximum absolute atomic E-state index is 13.5. The van der Waals surface area contributed by atoms with E-state index >= 15 is 0 Å². The Morgan fingerprint density at radius 1 is 1.24 bits per heavy atom. The van der Waals surface area contributed by atoms with Crippen molar-refractivity contribution in [3.05, 3.63) is 38.4 Å². The summed E-state index contributed by atoms with van der Waals surface area (Å²) in [6.45, 7) is 1.17. The molecule has 0 amide bonds. The molecule has 2 aromatic rings. The van der Waals surface area contributed by atoms with Gasteiger partial charge < -0.3 is 24.4 Å². The summed E-state index contributed by atoms with van der Waals surface area (Å²) >= 11 is 0. The molecule has 0 atom stereocenters. The highest BCUT2D eigenvalue weighted by Crippen LogP contribution is 2.37. The lowest BCUT2D eigenvalue weighted by atomic mass is 10.1. The number of H-pyrrole nitrogens is 1. The van der Waals surface area contributed by atoms with Gasteiger partial charge in [0.1, 0.15) is 13.0 Å². The summed E-state index contributed by atoms with van der Waals surface area (Å²) in [7, 11) is -4.60. The molecule has 1 aromatic carbocycles. The van der Waals surface area contributed by atoms with Gasteiger partial charge >= 0.3 is 18.7 Å². The normalized spacial score (nSPS) is 15.7. The van der Waals surface area contributed by atoms with E-state index in [1.165, 1.54) is 12.1 Å². The van der Waals surface area contributed by atoms with Crippen molar-refractivity contribution in [2.75, 3.05) is 31.2 Å². The highest BCUT2D eigenvalue weighted by atomic mass is 31.2. The van der Waals surface area contributed by atoms with Crippen molar-refractivity contribution >= 4 is 24.3 Å². The zero-order valence-corrected chi connectivity index (χ0v) is 14.0. The van der Waals surface area contributed by atoms with Gasteiger partial charge in [-0.25, -0.2) is 4.39 Å². The summed E-state index contributed by atoms with van der Waals surface area (Å²) in [5, 5.41) is 0. The minimum atomic E-state index is -4.60. The standard InChI is InChI=1S/C14H17FN3O6P/c15-7-9-5-10-12(6-11(9)17-1-3-24-4-2-17)18(8-25(21,22)23)14(20)13(19)16-10/h5-6H,1-4,7-8H2,(H,16,19)(H2,21,22,23). The smallest absolute Gasteiger partial charge is 0.345 e. The molecule has 0 bridgehead atoms. The molecule has 1 saturated heterocycles. The van der Waals surface area contributed by atoms with Gasteiger partial charge in [-0.3, -0.25) is 18.7 Å². The fraction of sp³-hybridized carbons (Fsp3) is 0.429. The van der Waals surface area contributed by atoms with E-state index in [9.17, 15) is 28.3 Å². The Kier molecular flexibility index (Phi) is 4.79. The van der Waals surface area contributed by atoms with E-state index in [4.69, 9.17) is 4.74 Å². The number of halogens is 1. The number of aromatic nitrogens is 2. The Morgan fingerprint density at radius 3 is 2.52 bits per heavy atom. The summed E-state index contributed by atoms with van der Waals surface area (Å²) in [5.74, 6) is 0. The number of rotatable bonds is 4. The number of ether oxygens (including phenoxy) is 1. The lowest BCUT2D eigenvalue weighted by molar-refractivity contribution is 0.122. The van der Waals surface area contributed by atoms with Crippen molar-refractivity contribution in [3.8, 4) is 0 Å². The van der Waals surface area contributed by atoms with Gasteiger partial charge in [0.2, 0.25) is 0 Å². The molecule has 25 heavy (non-hydrogen) atoms. The summed E-state index contributed by atoms with van der Waals surface area (Å²) < 4.78 is 30.8. The minimum absolute atomic E-state index is 0.131. The highest BCUT2D eigenvalue weighted by Gasteiger charge is 2.21. The van der Waals surface area contributed by atoms with Crippen molar-refractivity contribution in [3.63, 3.8) is 0 Å². The fourth-order valence-electron chi connectivity index (χ4n) is 2.88. The molecule has 1 aliphatic rings. The Hall–Kier alpha value is -2.00. The SMILES string of the molecule is O=c1[nH]c2cc(CF)c(N3CCOCC3)cc2n(CP(=O)(O)O)c1=O. The lowest BCUT2D eigenvalue weighted by Gasteiger charge is -2.30. The van der Waals surface area contributed by atoms with Gasteiger partial charge in [0.15, 0.2) is 0 Å². The predicted octanol–water partition coefficient (Wildman–Crippen LogP) is 0.131. The Morgan fingerprint density at radius 2 is 1.92 bits per heavy atom. The molecular weight excluding hydrogens is 356 g/mol. The third-order valence-corrected chi connectivity index (χ3v) is 4.65. The van der Waals surface area contributed by atoms with Crippen LogP contribution in [0.1, 0.15) is 5.56 Å². The Labute approximate surface area is 140 Å². The number of aromatic amines is 1.